The summed E-state index contributed by atoms with van der Waals surface area (Å²) in [6.07, 6.45) is 5.98. The van der Waals surface area contributed by atoms with Crippen molar-refractivity contribution in [2.75, 3.05) is 53.0 Å². The summed E-state index contributed by atoms with van der Waals surface area (Å²) in [4.78, 5) is 7.60. The molecule has 2 heterocycles. The zero-order valence-corrected chi connectivity index (χ0v) is 20.0. The highest BCUT2D eigenvalue weighted by Gasteiger charge is 2.35. The zero-order valence-electron chi connectivity index (χ0n) is 20.0. The molecular weight excluding hydrogens is 388 g/mol. The molecule has 0 saturated carbocycles. The Bertz CT molecular complexity index is 690. The van der Waals surface area contributed by atoms with Crippen molar-refractivity contribution in [2.45, 2.75) is 63.8 Å². The van der Waals surface area contributed by atoms with Crippen LogP contribution in [0.15, 0.2) is 29.3 Å². The van der Waals surface area contributed by atoms with Crippen LogP contribution in [0.1, 0.15) is 58.4 Å². The number of benzene rings is 1. The van der Waals surface area contributed by atoms with Gasteiger partial charge in [0, 0.05) is 37.3 Å². The first-order valence-electron chi connectivity index (χ1n) is 12.0. The van der Waals surface area contributed by atoms with E-state index in [1.54, 1.807) is 7.11 Å². The summed E-state index contributed by atoms with van der Waals surface area (Å²) >= 11 is 0. The minimum absolute atomic E-state index is 0.0447. The van der Waals surface area contributed by atoms with Gasteiger partial charge in [0.2, 0.25) is 0 Å². The Balaban J connectivity index is 1.70. The molecule has 2 aliphatic rings. The van der Waals surface area contributed by atoms with Gasteiger partial charge in [-0.1, -0.05) is 18.6 Å². The Kier molecular flexibility index (Phi) is 8.61. The first-order chi connectivity index (χ1) is 15.0. The number of piperidine rings is 1. The number of likely N-dealkylation sites (tertiary alicyclic amines) is 1. The molecule has 31 heavy (non-hydrogen) atoms. The van der Waals surface area contributed by atoms with E-state index in [1.807, 2.05) is 0 Å². The second-order valence-corrected chi connectivity index (χ2v) is 9.53. The van der Waals surface area contributed by atoms with Crippen molar-refractivity contribution >= 4 is 5.96 Å². The van der Waals surface area contributed by atoms with Crippen LogP contribution in [0.4, 0.5) is 0 Å². The number of ether oxygens (including phenoxy) is 2. The molecular formula is C25H42N4O2. The smallest absolute Gasteiger partial charge is 0.191 e. The second kappa shape index (κ2) is 11.2. The number of rotatable bonds is 8. The summed E-state index contributed by atoms with van der Waals surface area (Å²) in [6.45, 7) is 13.2. The molecule has 1 aromatic carbocycles. The third-order valence-electron chi connectivity index (χ3n) is 6.93. The Hall–Kier alpha value is -1.79. The first-order valence-corrected chi connectivity index (χ1v) is 12.0. The van der Waals surface area contributed by atoms with Crippen molar-refractivity contribution in [3.8, 4) is 5.75 Å². The van der Waals surface area contributed by atoms with Crippen LogP contribution in [0.5, 0.6) is 5.75 Å². The van der Waals surface area contributed by atoms with E-state index in [0.29, 0.717) is 0 Å². The predicted octanol–water partition coefficient (Wildman–Crippen LogP) is 3.56. The molecule has 0 bridgehead atoms. The predicted molar refractivity (Wildman–Crippen MR) is 128 cm³/mol. The maximum Gasteiger partial charge on any atom is 0.191 e. The molecule has 0 radical (unpaired) electrons. The fourth-order valence-corrected chi connectivity index (χ4v) is 4.74. The minimum atomic E-state index is 0.0447. The highest BCUT2D eigenvalue weighted by Crippen LogP contribution is 2.35. The van der Waals surface area contributed by atoms with E-state index in [4.69, 9.17) is 14.5 Å². The standard InChI is InChI=1S/C25H42N4O2/c1-5-26-23(27-19-24(2,3)29-15-7-6-8-16-29)28-20-25(13-17-31-18-14-25)21-9-11-22(30-4)12-10-21/h9-12H,5-8,13-20H2,1-4H3,(H2,26,27,28). The number of guanidine groups is 1. The lowest BCUT2D eigenvalue weighted by Gasteiger charge is -2.40. The molecule has 0 atom stereocenters. The van der Waals surface area contributed by atoms with E-state index in [0.717, 1.165) is 57.4 Å². The molecule has 0 amide bonds. The molecule has 0 unspecified atom stereocenters. The summed E-state index contributed by atoms with van der Waals surface area (Å²) < 4.78 is 11.1. The van der Waals surface area contributed by atoms with Gasteiger partial charge in [0.05, 0.1) is 13.7 Å². The Morgan fingerprint density at radius 3 is 2.39 bits per heavy atom. The molecule has 0 aliphatic carbocycles. The quantitative estimate of drug-likeness (QED) is 0.488. The van der Waals surface area contributed by atoms with Gasteiger partial charge < -0.3 is 20.1 Å². The highest BCUT2D eigenvalue weighted by molar-refractivity contribution is 5.80. The third kappa shape index (κ3) is 6.36. The average molecular weight is 431 g/mol. The highest BCUT2D eigenvalue weighted by atomic mass is 16.5. The number of hydrogen-bond acceptors (Lipinski definition) is 4. The van der Waals surface area contributed by atoms with Crippen molar-refractivity contribution < 1.29 is 9.47 Å². The Morgan fingerprint density at radius 1 is 1.10 bits per heavy atom. The molecule has 1 aromatic rings. The zero-order chi connectivity index (χ0) is 22.2. The molecule has 2 saturated heterocycles. The third-order valence-corrected chi connectivity index (χ3v) is 6.93. The van der Waals surface area contributed by atoms with Crippen molar-refractivity contribution in [2.24, 2.45) is 4.99 Å². The monoisotopic (exact) mass is 430 g/mol. The van der Waals surface area contributed by atoms with Crippen LogP contribution in [0.2, 0.25) is 0 Å². The number of nitrogens with zero attached hydrogens (tertiary/aromatic N) is 2. The van der Waals surface area contributed by atoms with E-state index >= 15 is 0 Å². The van der Waals surface area contributed by atoms with Gasteiger partial charge in [-0.05, 0) is 77.2 Å². The summed E-state index contributed by atoms with van der Waals surface area (Å²) in [6, 6.07) is 8.53. The Morgan fingerprint density at radius 2 is 1.77 bits per heavy atom. The maximum absolute atomic E-state index is 5.70. The van der Waals surface area contributed by atoms with Gasteiger partial charge in [-0.25, -0.2) is 0 Å². The molecule has 0 spiro atoms. The van der Waals surface area contributed by atoms with Crippen LogP contribution in [-0.4, -0.2) is 69.4 Å². The fourth-order valence-electron chi connectivity index (χ4n) is 4.74. The van der Waals surface area contributed by atoms with Gasteiger partial charge in [0.1, 0.15) is 5.75 Å². The number of hydrogen-bond donors (Lipinski definition) is 2. The van der Waals surface area contributed by atoms with Crippen molar-refractivity contribution in [1.29, 1.82) is 0 Å². The Labute approximate surface area is 188 Å². The molecule has 2 N–H and O–H groups in total. The van der Waals surface area contributed by atoms with E-state index in [-0.39, 0.29) is 11.0 Å². The van der Waals surface area contributed by atoms with Crippen LogP contribution in [-0.2, 0) is 10.2 Å². The van der Waals surface area contributed by atoms with Crippen molar-refractivity contribution in [1.82, 2.24) is 15.5 Å². The lowest BCUT2D eigenvalue weighted by Crippen LogP contribution is -2.51. The molecule has 174 valence electrons. The van der Waals surface area contributed by atoms with E-state index in [1.165, 1.54) is 37.9 Å². The maximum atomic E-state index is 5.70. The van der Waals surface area contributed by atoms with Crippen LogP contribution in [0.25, 0.3) is 0 Å². The van der Waals surface area contributed by atoms with Crippen LogP contribution in [0.3, 0.4) is 0 Å². The molecule has 2 fully saturated rings. The summed E-state index contributed by atoms with van der Waals surface area (Å²) in [5, 5.41) is 7.12. The van der Waals surface area contributed by atoms with E-state index in [9.17, 15) is 0 Å². The fraction of sp³-hybridized carbons (Fsp3) is 0.720. The molecule has 6 nitrogen and oxygen atoms in total. The van der Waals surface area contributed by atoms with Crippen molar-refractivity contribution in [3.63, 3.8) is 0 Å². The second-order valence-electron chi connectivity index (χ2n) is 9.53. The topological polar surface area (TPSA) is 58.1 Å². The molecule has 3 rings (SSSR count). The number of aliphatic imine (C=N–C) groups is 1. The number of nitrogens with one attached hydrogen (secondary N) is 2. The molecule has 0 aromatic heterocycles. The normalized spacial score (nSPS) is 20.3. The minimum Gasteiger partial charge on any atom is -0.497 e. The van der Waals surface area contributed by atoms with Gasteiger partial charge in [-0.15, -0.1) is 0 Å². The van der Waals surface area contributed by atoms with Crippen LogP contribution >= 0.6 is 0 Å². The van der Waals surface area contributed by atoms with Gasteiger partial charge in [-0.2, -0.15) is 0 Å². The largest absolute Gasteiger partial charge is 0.497 e. The van der Waals surface area contributed by atoms with Crippen LogP contribution in [0, 0.1) is 0 Å². The van der Waals surface area contributed by atoms with Gasteiger partial charge in [-0.3, -0.25) is 9.89 Å². The lowest BCUT2D eigenvalue weighted by molar-refractivity contribution is 0.0513. The first kappa shape index (κ1) is 23.9. The molecule has 2 aliphatic heterocycles. The van der Waals surface area contributed by atoms with Gasteiger partial charge in [0.25, 0.3) is 0 Å². The summed E-state index contributed by atoms with van der Waals surface area (Å²) in [7, 11) is 1.71. The molecule has 6 heteroatoms. The number of methoxy groups -OCH3 is 1. The van der Waals surface area contributed by atoms with Gasteiger partial charge >= 0.3 is 0 Å². The van der Waals surface area contributed by atoms with Crippen molar-refractivity contribution in [3.05, 3.63) is 29.8 Å². The summed E-state index contributed by atoms with van der Waals surface area (Å²) in [5.74, 6) is 1.81. The lowest BCUT2D eigenvalue weighted by atomic mass is 9.74. The SMILES string of the molecule is CCNC(=NCC(C)(C)N1CCCCC1)NCC1(c2ccc(OC)cc2)CCOCC1. The average Bonchev–Trinajstić information content (AvgIpc) is 2.82. The summed E-state index contributed by atoms with van der Waals surface area (Å²) in [5.41, 5.74) is 1.46. The van der Waals surface area contributed by atoms with E-state index < -0.39 is 0 Å². The van der Waals surface area contributed by atoms with Crippen LogP contribution < -0.4 is 15.4 Å². The van der Waals surface area contributed by atoms with Gasteiger partial charge in [0.15, 0.2) is 5.96 Å². The van der Waals surface area contributed by atoms with E-state index in [2.05, 4.69) is 60.6 Å².